The number of allylic oxidation sites excluding steroid dienone is 2. The molecule has 4 aromatic carbocycles. The highest BCUT2D eigenvalue weighted by Crippen LogP contribution is 2.57. The van der Waals surface area contributed by atoms with E-state index in [9.17, 15) is 0 Å². The molecule has 0 fully saturated rings. The van der Waals surface area contributed by atoms with Crippen LogP contribution < -0.4 is 9.47 Å². The van der Waals surface area contributed by atoms with Gasteiger partial charge in [0.05, 0.1) is 0 Å². The Labute approximate surface area is 220 Å². The highest BCUT2D eigenvalue weighted by atomic mass is 16.5. The molecule has 1 aliphatic carbocycles. The van der Waals surface area contributed by atoms with Gasteiger partial charge >= 0.3 is 0 Å². The predicted molar refractivity (Wildman–Crippen MR) is 153 cm³/mol. The third-order valence-corrected chi connectivity index (χ3v) is 7.16. The average Bonchev–Trinajstić information content (AvgIpc) is 3.38. The molecule has 0 aliphatic heterocycles. The van der Waals surface area contributed by atoms with Gasteiger partial charge in [-0.05, 0) is 58.5 Å². The van der Waals surface area contributed by atoms with Crippen molar-refractivity contribution in [3.63, 3.8) is 0 Å². The van der Waals surface area contributed by atoms with Gasteiger partial charge in [-0.25, -0.2) is 0 Å². The maximum absolute atomic E-state index is 5.80. The zero-order valence-electron chi connectivity index (χ0n) is 21.1. The lowest BCUT2D eigenvalue weighted by molar-refractivity contribution is 0.363. The molecular weight excluding hydrogens is 452 g/mol. The lowest BCUT2D eigenvalue weighted by Gasteiger charge is -2.39. The van der Waals surface area contributed by atoms with Gasteiger partial charge in [0.15, 0.2) is 0 Å². The molecule has 1 aliphatic rings. The zero-order chi connectivity index (χ0) is 25.5. The summed E-state index contributed by atoms with van der Waals surface area (Å²) in [7, 11) is 0. The van der Waals surface area contributed by atoms with Crippen LogP contribution in [-0.2, 0) is 5.41 Å². The van der Waals surface area contributed by atoms with Gasteiger partial charge in [-0.1, -0.05) is 116 Å². The minimum atomic E-state index is -0.237. The third kappa shape index (κ3) is 4.88. The van der Waals surface area contributed by atoms with Crippen molar-refractivity contribution in [1.29, 1.82) is 0 Å². The quantitative estimate of drug-likeness (QED) is 0.211. The fourth-order valence-corrected chi connectivity index (χ4v) is 5.54. The second-order valence-electron chi connectivity index (χ2n) is 9.29. The van der Waals surface area contributed by atoms with Gasteiger partial charge in [0.2, 0.25) is 0 Å². The molecule has 0 aromatic heterocycles. The van der Waals surface area contributed by atoms with E-state index in [1.807, 2.05) is 12.1 Å². The van der Waals surface area contributed by atoms with Gasteiger partial charge in [0, 0.05) is 11.3 Å². The number of ether oxygens (including phenoxy) is 2. The molecule has 0 heterocycles. The predicted octanol–water partition coefficient (Wildman–Crippen LogP) is 8.37. The van der Waals surface area contributed by atoms with E-state index in [0.717, 1.165) is 17.9 Å². The first-order chi connectivity index (χ1) is 18.3. The molecule has 4 aromatic rings. The first-order valence-corrected chi connectivity index (χ1v) is 12.7. The number of hydrogen-bond acceptors (Lipinski definition) is 2. The summed E-state index contributed by atoms with van der Waals surface area (Å²) in [5, 5.41) is 0. The molecule has 37 heavy (non-hydrogen) atoms. The summed E-state index contributed by atoms with van der Waals surface area (Å²) in [5.41, 5.74) is 6.18. The van der Waals surface area contributed by atoms with Crippen LogP contribution in [0.25, 0.3) is 5.57 Å². The van der Waals surface area contributed by atoms with Gasteiger partial charge in [0.25, 0.3) is 0 Å². The number of hydrogen-bond donors (Lipinski definition) is 0. The maximum Gasteiger partial charge on any atom is 0.119 e. The topological polar surface area (TPSA) is 18.5 Å². The molecule has 2 nitrogen and oxygen atoms in total. The maximum atomic E-state index is 5.80. The third-order valence-electron chi connectivity index (χ3n) is 7.16. The lowest BCUT2D eigenvalue weighted by Crippen LogP contribution is -2.32. The summed E-state index contributed by atoms with van der Waals surface area (Å²) < 4.78 is 11.5. The molecule has 0 bridgehead atoms. The van der Waals surface area contributed by atoms with Crippen LogP contribution in [0.4, 0.5) is 0 Å². The second-order valence-corrected chi connectivity index (χ2v) is 9.29. The highest BCUT2D eigenvalue weighted by molar-refractivity contribution is 5.79. The van der Waals surface area contributed by atoms with Crippen molar-refractivity contribution in [2.75, 3.05) is 13.2 Å². The van der Waals surface area contributed by atoms with Crippen molar-refractivity contribution in [2.24, 2.45) is 0 Å². The second kappa shape index (κ2) is 11.2. The summed E-state index contributed by atoms with van der Waals surface area (Å²) in [6.45, 7) is 8.50. The first kappa shape index (κ1) is 24.4. The summed E-state index contributed by atoms with van der Waals surface area (Å²) in [5.74, 6) is 1.81. The van der Waals surface area contributed by atoms with Crippen LogP contribution in [0.3, 0.4) is 0 Å². The number of benzene rings is 4. The van der Waals surface area contributed by atoms with Crippen molar-refractivity contribution < 1.29 is 9.47 Å². The molecule has 0 N–H and O–H groups in total. The van der Waals surface area contributed by atoms with Crippen molar-refractivity contribution in [3.8, 4) is 11.5 Å². The monoisotopic (exact) mass is 484 g/mol. The minimum Gasteiger partial charge on any atom is -0.490 e. The smallest absolute Gasteiger partial charge is 0.119 e. The van der Waals surface area contributed by atoms with Crippen LogP contribution >= 0.6 is 0 Å². The van der Waals surface area contributed by atoms with E-state index in [-0.39, 0.29) is 11.3 Å². The van der Waals surface area contributed by atoms with Crippen molar-refractivity contribution in [3.05, 3.63) is 163 Å². The fourth-order valence-electron chi connectivity index (χ4n) is 5.54. The summed E-state index contributed by atoms with van der Waals surface area (Å²) >= 11 is 0. The van der Waals surface area contributed by atoms with Crippen LogP contribution in [0.1, 0.15) is 34.6 Å². The molecule has 0 saturated heterocycles. The van der Waals surface area contributed by atoms with Gasteiger partial charge in [-0.15, -0.1) is 0 Å². The summed E-state index contributed by atoms with van der Waals surface area (Å²) in [6.07, 6.45) is 6.86. The van der Waals surface area contributed by atoms with E-state index < -0.39 is 0 Å². The normalized spacial score (nSPS) is 16.0. The summed E-state index contributed by atoms with van der Waals surface area (Å²) in [4.78, 5) is 0. The van der Waals surface area contributed by atoms with E-state index >= 15 is 0 Å². The largest absolute Gasteiger partial charge is 0.490 e. The van der Waals surface area contributed by atoms with Gasteiger partial charge < -0.3 is 9.47 Å². The Morgan fingerprint density at radius 3 is 1.62 bits per heavy atom. The van der Waals surface area contributed by atoms with Gasteiger partial charge in [-0.3, -0.25) is 0 Å². The van der Waals surface area contributed by atoms with Gasteiger partial charge in [-0.2, -0.15) is 0 Å². The van der Waals surface area contributed by atoms with E-state index in [1.54, 1.807) is 12.2 Å². The molecule has 0 saturated carbocycles. The SMILES string of the molecule is C=CCOc1ccc(C2=CCC(c3ccccc3)(c3ccccc3)C2c2ccc(OCC=C)cc2)cc1. The lowest BCUT2D eigenvalue weighted by atomic mass is 9.63. The molecule has 184 valence electrons. The van der Waals surface area contributed by atoms with Crippen molar-refractivity contribution >= 4 is 5.57 Å². The van der Waals surface area contributed by atoms with Gasteiger partial charge in [0.1, 0.15) is 24.7 Å². The Kier molecular flexibility index (Phi) is 7.37. The Bertz CT molecular complexity index is 1310. The molecule has 0 spiro atoms. The van der Waals surface area contributed by atoms with Crippen LogP contribution in [0.2, 0.25) is 0 Å². The van der Waals surface area contributed by atoms with Crippen LogP contribution in [-0.4, -0.2) is 13.2 Å². The summed E-state index contributed by atoms with van der Waals surface area (Å²) in [6, 6.07) is 38.9. The van der Waals surface area contributed by atoms with E-state index in [1.165, 1.54) is 27.8 Å². The average molecular weight is 485 g/mol. The van der Waals surface area contributed by atoms with Crippen LogP contribution in [0.5, 0.6) is 11.5 Å². The Morgan fingerprint density at radius 1 is 0.649 bits per heavy atom. The molecule has 2 heteroatoms. The Morgan fingerprint density at radius 2 is 1.14 bits per heavy atom. The minimum absolute atomic E-state index is 0.116. The zero-order valence-corrected chi connectivity index (χ0v) is 21.1. The van der Waals surface area contributed by atoms with E-state index in [2.05, 4.69) is 116 Å². The molecule has 1 unspecified atom stereocenters. The first-order valence-electron chi connectivity index (χ1n) is 12.7. The Hall–Kier alpha value is -4.30. The fraction of sp³-hybridized carbons (Fsp3) is 0.143. The molecule has 0 radical (unpaired) electrons. The number of rotatable bonds is 10. The molecular formula is C35H32O2. The molecule has 1 atom stereocenters. The van der Waals surface area contributed by atoms with E-state index in [4.69, 9.17) is 9.47 Å². The molecule has 5 rings (SSSR count). The van der Waals surface area contributed by atoms with E-state index in [0.29, 0.717) is 13.2 Å². The van der Waals surface area contributed by atoms with Crippen LogP contribution in [0.15, 0.2) is 141 Å². The molecule has 0 amide bonds. The van der Waals surface area contributed by atoms with Crippen molar-refractivity contribution in [1.82, 2.24) is 0 Å². The standard InChI is InChI=1S/C35H32O2/c1-3-25-36-31-19-15-27(16-20-31)33-23-24-35(29-11-7-5-8-12-29,30-13-9-6-10-14-30)34(33)28-17-21-32(22-18-28)37-26-4-2/h3-23,34H,1-2,24-26H2. The van der Waals surface area contributed by atoms with Crippen molar-refractivity contribution in [2.45, 2.75) is 17.8 Å². The van der Waals surface area contributed by atoms with Crippen LogP contribution in [0, 0.1) is 0 Å². The highest BCUT2D eigenvalue weighted by Gasteiger charge is 2.47. The Balaban J connectivity index is 1.64.